The predicted octanol–water partition coefficient (Wildman–Crippen LogP) is 3.38. The van der Waals surface area contributed by atoms with E-state index < -0.39 is 0 Å². The highest BCUT2D eigenvalue weighted by molar-refractivity contribution is 7.99. The van der Waals surface area contributed by atoms with Gasteiger partial charge in [-0.2, -0.15) is 0 Å². The molecule has 0 aliphatic carbocycles. The van der Waals surface area contributed by atoms with Gasteiger partial charge < -0.3 is 5.32 Å². The van der Waals surface area contributed by atoms with E-state index in [0.717, 1.165) is 22.1 Å². The molecule has 0 saturated carbocycles. The molecule has 3 heterocycles. The zero-order valence-corrected chi connectivity index (χ0v) is 14.4. The Morgan fingerprint density at radius 1 is 1.33 bits per heavy atom. The van der Waals surface area contributed by atoms with Crippen LogP contribution in [0.2, 0.25) is 0 Å². The summed E-state index contributed by atoms with van der Waals surface area (Å²) in [6, 6.07) is 10.2. The quantitative estimate of drug-likeness (QED) is 0.568. The number of benzene rings is 1. The lowest BCUT2D eigenvalue weighted by molar-refractivity contribution is -0.113. The normalized spacial score (nSPS) is 11.2. The maximum absolute atomic E-state index is 12.0. The molecule has 0 fully saturated rings. The number of thioether (sulfide) groups is 1. The Bertz CT molecular complexity index is 1030. The van der Waals surface area contributed by atoms with Crippen LogP contribution in [0.15, 0.2) is 47.1 Å². The van der Waals surface area contributed by atoms with Crippen molar-refractivity contribution in [2.24, 2.45) is 0 Å². The first kappa shape index (κ1) is 15.1. The Hall–Kier alpha value is -2.45. The summed E-state index contributed by atoms with van der Waals surface area (Å²) in [5, 5.41) is 15.6. The molecular weight excluding hydrogens is 342 g/mol. The minimum Gasteiger partial charge on any atom is -0.301 e. The number of pyridine rings is 1. The number of rotatable bonds is 4. The van der Waals surface area contributed by atoms with E-state index in [1.807, 2.05) is 34.9 Å². The van der Waals surface area contributed by atoms with Crippen LogP contribution in [-0.2, 0) is 4.79 Å². The summed E-state index contributed by atoms with van der Waals surface area (Å²) in [4.78, 5) is 16.1. The van der Waals surface area contributed by atoms with Gasteiger partial charge in [0.05, 0.1) is 11.3 Å². The molecule has 0 aliphatic rings. The van der Waals surface area contributed by atoms with Gasteiger partial charge in [0.2, 0.25) is 5.91 Å². The number of thiazole rings is 1. The lowest BCUT2D eigenvalue weighted by atomic mass is 10.1. The summed E-state index contributed by atoms with van der Waals surface area (Å²) < 4.78 is 2.01. The zero-order chi connectivity index (χ0) is 16.5. The van der Waals surface area contributed by atoms with Gasteiger partial charge >= 0.3 is 0 Å². The highest BCUT2D eigenvalue weighted by atomic mass is 32.2. The molecule has 1 amide bonds. The van der Waals surface area contributed by atoms with Crippen LogP contribution in [0.1, 0.15) is 5.56 Å². The van der Waals surface area contributed by atoms with Crippen LogP contribution in [0.4, 0.5) is 5.13 Å². The average molecular weight is 355 g/mol. The molecule has 3 aromatic heterocycles. The van der Waals surface area contributed by atoms with E-state index in [-0.39, 0.29) is 11.7 Å². The minimum atomic E-state index is -0.108. The van der Waals surface area contributed by atoms with E-state index >= 15 is 0 Å². The molecular formula is C16H13N5OS2. The van der Waals surface area contributed by atoms with Crippen molar-refractivity contribution in [3.8, 4) is 0 Å². The highest BCUT2D eigenvalue weighted by Crippen LogP contribution is 2.25. The molecule has 8 heteroatoms. The number of carbonyl (C=O) groups is 1. The molecule has 4 rings (SSSR count). The number of hydrogen-bond donors (Lipinski definition) is 1. The van der Waals surface area contributed by atoms with Crippen molar-refractivity contribution in [2.75, 3.05) is 11.1 Å². The topological polar surface area (TPSA) is 72.2 Å². The molecule has 0 spiro atoms. The molecule has 0 bridgehead atoms. The first-order valence-corrected chi connectivity index (χ1v) is 9.14. The molecule has 24 heavy (non-hydrogen) atoms. The van der Waals surface area contributed by atoms with Crippen molar-refractivity contribution < 1.29 is 4.79 Å². The maximum atomic E-state index is 12.0. The lowest BCUT2D eigenvalue weighted by Gasteiger charge is -2.06. The summed E-state index contributed by atoms with van der Waals surface area (Å²) in [5.41, 5.74) is 2.91. The molecule has 120 valence electrons. The van der Waals surface area contributed by atoms with E-state index in [1.165, 1.54) is 23.1 Å². The Morgan fingerprint density at radius 3 is 3.04 bits per heavy atom. The highest BCUT2D eigenvalue weighted by Gasteiger charge is 2.14. The molecule has 0 atom stereocenters. The maximum Gasteiger partial charge on any atom is 0.236 e. The summed E-state index contributed by atoms with van der Waals surface area (Å²) in [5.74, 6) is 0.145. The van der Waals surface area contributed by atoms with Gasteiger partial charge in [0.15, 0.2) is 15.9 Å². The van der Waals surface area contributed by atoms with Gasteiger partial charge in [0.25, 0.3) is 0 Å². The van der Waals surface area contributed by atoms with Crippen LogP contribution in [-0.4, -0.2) is 31.2 Å². The third kappa shape index (κ3) is 2.74. The van der Waals surface area contributed by atoms with Gasteiger partial charge in [-0.05, 0) is 30.0 Å². The van der Waals surface area contributed by atoms with Gasteiger partial charge in [-0.1, -0.05) is 30.0 Å². The second-order valence-corrected chi connectivity index (χ2v) is 7.04. The van der Waals surface area contributed by atoms with E-state index in [4.69, 9.17) is 0 Å². The number of aryl methyl sites for hydroxylation is 1. The molecule has 0 saturated heterocycles. The Kier molecular flexibility index (Phi) is 3.91. The van der Waals surface area contributed by atoms with Crippen molar-refractivity contribution in [1.29, 1.82) is 0 Å². The van der Waals surface area contributed by atoms with Crippen molar-refractivity contribution in [3.05, 3.63) is 47.5 Å². The second-order valence-electron chi connectivity index (χ2n) is 5.20. The zero-order valence-electron chi connectivity index (χ0n) is 12.8. The Balaban J connectivity index is 1.64. The van der Waals surface area contributed by atoms with Crippen molar-refractivity contribution in [1.82, 2.24) is 19.6 Å². The van der Waals surface area contributed by atoms with Gasteiger partial charge in [-0.3, -0.25) is 9.20 Å². The van der Waals surface area contributed by atoms with Gasteiger partial charge in [0, 0.05) is 11.6 Å². The fourth-order valence-corrected chi connectivity index (χ4v) is 3.81. The molecule has 0 radical (unpaired) electrons. The number of nitrogens with one attached hydrogen (secondary N) is 1. The minimum absolute atomic E-state index is 0.108. The number of amides is 1. The van der Waals surface area contributed by atoms with E-state index in [0.29, 0.717) is 10.3 Å². The first-order valence-electron chi connectivity index (χ1n) is 7.28. The molecule has 1 aromatic carbocycles. The molecule has 1 N–H and O–H groups in total. The van der Waals surface area contributed by atoms with Crippen molar-refractivity contribution >= 4 is 50.7 Å². The van der Waals surface area contributed by atoms with Crippen molar-refractivity contribution in [2.45, 2.75) is 12.1 Å². The average Bonchev–Trinajstić information content (AvgIpc) is 3.23. The number of carbonyl (C=O) groups excluding carboxylic acids is 1. The van der Waals surface area contributed by atoms with E-state index in [2.05, 4.69) is 32.6 Å². The standard InChI is InChI=1S/C16H13N5OS2/c1-10-8-11-4-2-3-5-12(11)21-14(10)19-20-16(21)24-9-13(22)18-15-17-6-7-23-15/h2-8H,9H2,1H3,(H,17,18,22). The summed E-state index contributed by atoms with van der Waals surface area (Å²) >= 11 is 2.76. The van der Waals surface area contributed by atoms with Crippen LogP contribution < -0.4 is 5.32 Å². The number of nitrogens with zero attached hydrogens (tertiary/aromatic N) is 4. The monoisotopic (exact) mass is 355 g/mol. The number of para-hydroxylation sites is 1. The molecule has 0 unspecified atom stereocenters. The smallest absolute Gasteiger partial charge is 0.236 e. The first-order chi connectivity index (χ1) is 11.7. The Labute approximate surface area is 145 Å². The molecule has 4 aromatic rings. The number of anilines is 1. The second kappa shape index (κ2) is 6.21. The summed E-state index contributed by atoms with van der Waals surface area (Å²) in [7, 11) is 0. The number of fused-ring (bicyclic) bond motifs is 3. The molecule has 0 aliphatic heterocycles. The van der Waals surface area contributed by atoms with Crippen molar-refractivity contribution in [3.63, 3.8) is 0 Å². The fraction of sp³-hybridized carbons (Fsp3) is 0.125. The Morgan fingerprint density at radius 2 is 2.21 bits per heavy atom. The SMILES string of the molecule is Cc1cc2ccccc2n2c(SCC(=O)Nc3nccs3)nnc12. The number of aromatic nitrogens is 4. The predicted molar refractivity (Wildman–Crippen MR) is 96.7 cm³/mol. The van der Waals surface area contributed by atoms with Gasteiger partial charge in [0.1, 0.15) is 0 Å². The van der Waals surface area contributed by atoms with Crippen LogP contribution >= 0.6 is 23.1 Å². The van der Waals surface area contributed by atoms with E-state index in [1.54, 1.807) is 6.20 Å². The van der Waals surface area contributed by atoms with Crippen LogP contribution in [0, 0.1) is 6.92 Å². The van der Waals surface area contributed by atoms with Gasteiger partial charge in [-0.15, -0.1) is 21.5 Å². The van der Waals surface area contributed by atoms with Gasteiger partial charge in [-0.25, -0.2) is 4.98 Å². The molecule has 6 nitrogen and oxygen atoms in total. The fourth-order valence-electron chi connectivity index (χ4n) is 2.52. The lowest BCUT2D eigenvalue weighted by Crippen LogP contribution is -2.14. The van der Waals surface area contributed by atoms with Crippen LogP contribution in [0.25, 0.3) is 16.6 Å². The number of hydrogen-bond acceptors (Lipinski definition) is 6. The van der Waals surface area contributed by atoms with Crippen LogP contribution in [0.5, 0.6) is 0 Å². The summed E-state index contributed by atoms with van der Waals surface area (Å²) in [6.45, 7) is 2.01. The largest absolute Gasteiger partial charge is 0.301 e. The third-order valence-corrected chi connectivity index (χ3v) is 5.16. The van der Waals surface area contributed by atoms with E-state index in [9.17, 15) is 4.79 Å². The van der Waals surface area contributed by atoms with Crippen LogP contribution in [0.3, 0.4) is 0 Å². The summed E-state index contributed by atoms with van der Waals surface area (Å²) in [6.07, 6.45) is 1.66. The third-order valence-electron chi connectivity index (χ3n) is 3.55.